The van der Waals surface area contributed by atoms with Gasteiger partial charge in [0.05, 0.1) is 13.2 Å². The van der Waals surface area contributed by atoms with E-state index in [-0.39, 0.29) is 11.8 Å². The zero-order valence-corrected chi connectivity index (χ0v) is 15.1. The lowest BCUT2D eigenvalue weighted by Gasteiger charge is -2.09. The predicted molar refractivity (Wildman–Crippen MR) is 101 cm³/mol. The Morgan fingerprint density at radius 3 is 2.35 bits per heavy atom. The van der Waals surface area contributed by atoms with Crippen LogP contribution in [0.3, 0.4) is 0 Å². The number of hydrogen-bond donors (Lipinski definition) is 2. The molecular weight excluding hydrogens is 332 g/mol. The molecule has 0 unspecified atom stereocenters. The fraction of sp³-hybridized carbons (Fsp3) is 0.300. The Morgan fingerprint density at radius 1 is 1.00 bits per heavy atom. The first-order chi connectivity index (χ1) is 12.6. The summed E-state index contributed by atoms with van der Waals surface area (Å²) < 4.78 is 11.0. The average Bonchev–Trinajstić information content (AvgIpc) is 2.66. The Hall–Kier alpha value is -3.02. The van der Waals surface area contributed by atoms with Gasteiger partial charge >= 0.3 is 0 Å². The van der Waals surface area contributed by atoms with Crippen LogP contribution in [0.1, 0.15) is 30.1 Å². The van der Waals surface area contributed by atoms with Gasteiger partial charge in [-0.25, -0.2) is 0 Å². The third kappa shape index (κ3) is 6.12. The van der Waals surface area contributed by atoms with Gasteiger partial charge in [-0.3, -0.25) is 9.59 Å². The molecule has 0 heterocycles. The van der Waals surface area contributed by atoms with Crippen molar-refractivity contribution in [2.45, 2.75) is 19.8 Å². The van der Waals surface area contributed by atoms with Gasteiger partial charge in [-0.2, -0.15) is 0 Å². The first-order valence-corrected chi connectivity index (χ1v) is 8.60. The fourth-order valence-electron chi connectivity index (χ4n) is 2.33. The largest absolute Gasteiger partial charge is 0.494 e. The maximum atomic E-state index is 12.0. The molecule has 0 radical (unpaired) electrons. The van der Waals surface area contributed by atoms with Gasteiger partial charge in [-0.05, 0) is 55.8 Å². The van der Waals surface area contributed by atoms with Crippen molar-refractivity contribution in [1.82, 2.24) is 5.32 Å². The van der Waals surface area contributed by atoms with E-state index in [1.54, 1.807) is 31.3 Å². The highest BCUT2D eigenvalue weighted by molar-refractivity contribution is 5.97. The quantitative estimate of drug-likeness (QED) is 0.676. The molecule has 0 aliphatic heterocycles. The summed E-state index contributed by atoms with van der Waals surface area (Å²) in [7, 11) is 1.57. The van der Waals surface area contributed by atoms with Crippen molar-refractivity contribution in [1.29, 1.82) is 0 Å². The van der Waals surface area contributed by atoms with Gasteiger partial charge in [0.2, 0.25) is 5.91 Å². The minimum atomic E-state index is -0.190. The molecule has 0 fully saturated rings. The van der Waals surface area contributed by atoms with Crippen LogP contribution >= 0.6 is 0 Å². The highest BCUT2D eigenvalue weighted by Gasteiger charge is 2.06. The summed E-state index contributed by atoms with van der Waals surface area (Å²) in [5, 5.41) is 5.34. The predicted octanol–water partition coefficient (Wildman–Crippen LogP) is 3.24. The van der Waals surface area contributed by atoms with E-state index in [0.717, 1.165) is 11.5 Å². The average molecular weight is 356 g/mol. The molecule has 2 N–H and O–H groups in total. The molecule has 0 aliphatic carbocycles. The van der Waals surface area contributed by atoms with E-state index in [1.807, 2.05) is 31.2 Å². The van der Waals surface area contributed by atoms with E-state index in [4.69, 9.17) is 9.47 Å². The Labute approximate surface area is 153 Å². The Bertz CT molecular complexity index is 729. The number of amides is 2. The summed E-state index contributed by atoms with van der Waals surface area (Å²) >= 11 is 0. The zero-order valence-electron chi connectivity index (χ0n) is 15.1. The second-order valence-electron chi connectivity index (χ2n) is 5.56. The molecule has 0 saturated carbocycles. The van der Waals surface area contributed by atoms with E-state index in [2.05, 4.69) is 10.6 Å². The SMILES string of the molecule is CCOc1ccc(OCCCC(=O)Nc2cccc(C(=O)NC)c2)cc1. The molecule has 0 atom stereocenters. The topological polar surface area (TPSA) is 76.7 Å². The van der Waals surface area contributed by atoms with Crippen LogP contribution in [0.5, 0.6) is 11.5 Å². The molecule has 2 aromatic rings. The number of carbonyl (C=O) groups is 2. The van der Waals surface area contributed by atoms with Crippen molar-refractivity contribution < 1.29 is 19.1 Å². The molecule has 0 saturated heterocycles. The maximum absolute atomic E-state index is 12.0. The summed E-state index contributed by atoms with van der Waals surface area (Å²) in [6.45, 7) is 3.01. The van der Waals surface area contributed by atoms with Crippen molar-refractivity contribution in [2.24, 2.45) is 0 Å². The van der Waals surface area contributed by atoms with Gasteiger partial charge in [0.25, 0.3) is 5.91 Å². The molecular formula is C20H24N2O4. The van der Waals surface area contributed by atoms with Gasteiger partial charge in [0.1, 0.15) is 11.5 Å². The summed E-state index contributed by atoms with van der Waals surface area (Å²) in [6.07, 6.45) is 0.926. The van der Waals surface area contributed by atoms with Crippen LogP contribution in [0, 0.1) is 0 Å². The molecule has 6 heteroatoms. The zero-order chi connectivity index (χ0) is 18.8. The number of ether oxygens (including phenoxy) is 2. The van der Waals surface area contributed by atoms with E-state index in [1.165, 1.54) is 0 Å². The van der Waals surface area contributed by atoms with Crippen LogP contribution in [0.15, 0.2) is 48.5 Å². The molecule has 0 aliphatic rings. The molecule has 6 nitrogen and oxygen atoms in total. The minimum Gasteiger partial charge on any atom is -0.494 e. The van der Waals surface area contributed by atoms with Crippen molar-refractivity contribution in [3.63, 3.8) is 0 Å². The van der Waals surface area contributed by atoms with Gasteiger partial charge in [-0.1, -0.05) is 6.07 Å². The summed E-state index contributed by atoms with van der Waals surface area (Å²) in [5.74, 6) is 1.24. The Kier molecular flexibility index (Phi) is 7.49. The lowest BCUT2D eigenvalue weighted by molar-refractivity contribution is -0.116. The molecule has 0 bridgehead atoms. The molecule has 0 spiro atoms. The second kappa shape index (κ2) is 10.1. The number of benzene rings is 2. The van der Waals surface area contributed by atoms with E-state index >= 15 is 0 Å². The molecule has 138 valence electrons. The van der Waals surface area contributed by atoms with Crippen LogP contribution in [-0.2, 0) is 4.79 Å². The summed E-state index contributed by atoms with van der Waals surface area (Å²) in [6, 6.07) is 14.2. The van der Waals surface area contributed by atoms with Crippen LogP contribution in [0.4, 0.5) is 5.69 Å². The molecule has 2 amide bonds. The number of nitrogens with one attached hydrogen (secondary N) is 2. The number of anilines is 1. The minimum absolute atomic E-state index is 0.116. The highest BCUT2D eigenvalue weighted by Crippen LogP contribution is 2.18. The van der Waals surface area contributed by atoms with Gasteiger partial charge in [0, 0.05) is 24.7 Å². The standard InChI is InChI=1S/C20H24N2O4/c1-3-25-17-9-11-18(12-10-17)26-13-5-8-19(23)22-16-7-4-6-15(14-16)20(24)21-2/h4,6-7,9-12,14H,3,5,8,13H2,1-2H3,(H,21,24)(H,22,23). The van der Waals surface area contributed by atoms with Crippen LogP contribution in [0.2, 0.25) is 0 Å². The number of rotatable bonds is 9. The first-order valence-electron chi connectivity index (χ1n) is 8.60. The third-order valence-corrected chi connectivity index (χ3v) is 3.59. The maximum Gasteiger partial charge on any atom is 0.251 e. The lowest BCUT2D eigenvalue weighted by Crippen LogP contribution is -2.18. The molecule has 2 aromatic carbocycles. The monoisotopic (exact) mass is 356 g/mol. The highest BCUT2D eigenvalue weighted by atomic mass is 16.5. The van der Waals surface area contributed by atoms with Gasteiger partial charge < -0.3 is 20.1 Å². The van der Waals surface area contributed by atoms with Crippen molar-refractivity contribution >= 4 is 17.5 Å². The summed E-state index contributed by atoms with van der Waals surface area (Å²) in [5.41, 5.74) is 1.10. The van der Waals surface area contributed by atoms with Crippen molar-refractivity contribution in [2.75, 3.05) is 25.6 Å². The fourth-order valence-corrected chi connectivity index (χ4v) is 2.33. The summed E-state index contributed by atoms with van der Waals surface area (Å²) in [4.78, 5) is 23.6. The normalized spacial score (nSPS) is 10.1. The van der Waals surface area contributed by atoms with Crippen LogP contribution in [-0.4, -0.2) is 32.1 Å². The molecule has 26 heavy (non-hydrogen) atoms. The number of carbonyl (C=O) groups excluding carboxylic acids is 2. The molecule has 2 rings (SSSR count). The van der Waals surface area contributed by atoms with Crippen LogP contribution < -0.4 is 20.1 Å². The van der Waals surface area contributed by atoms with Crippen molar-refractivity contribution in [3.8, 4) is 11.5 Å². The van der Waals surface area contributed by atoms with Gasteiger partial charge in [0.15, 0.2) is 0 Å². The van der Waals surface area contributed by atoms with E-state index < -0.39 is 0 Å². The Balaban J connectivity index is 1.72. The van der Waals surface area contributed by atoms with Crippen molar-refractivity contribution in [3.05, 3.63) is 54.1 Å². The number of hydrogen-bond acceptors (Lipinski definition) is 4. The van der Waals surface area contributed by atoms with E-state index in [9.17, 15) is 9.59 Å². The van der Waals surface area contributed by atoms with E-state index in [0.29, 0.717) is 37.3 Å². The first kappa shape index (κ1) is 19.3. The van der Waals surface area contributed by atoms with Crippen LogP contribution in [0.25, 0.3) is 0 Å². The smallest absolute Gasteiger partial charge is 0.251 e. The Morgan fingerprint density at radius 2 is 1.69 bits per heavy atom. The third-order valence-electron chi connectivity index (χ3n) is 3.59. The molecule has 0 aromatic heterocycles. The second-order valence-corrected chi connectivity index (χ2v) is 5.56. The van der Waals surface area contributed by atoms with Gasteiger partial charge in [-0.15, -0.1) is 0 Å². The lowest BCUT2D eigenvalue weighted by atomic mass is 10.2.